The first-order valence-corrected chi connectivity index (χ1v) is 8.55. The van der Waals surface area contributed by atoms with Crippen molar-refractivity contribution in [1.82, 2.24) is 10.2 Å². The average molecular weight is 335 g/mol. The van der Waals surface area contributed by atoms with Gasteiger partial charge in [-0.1, -0.05) is 43.7 Å². The molecule has 1 amide bonds. The summed E-state index contributed by atoms with van der Waals surface area (Å²) in [4.78, 5) is 23.7. The molecule has 1 aliphatic heterocycles. The van der Waals surface area contributed by atoms with E-state index in [0.29, 0.717) is 12.8 Å². The van der Waals surface area contributed by atoms with Crippen LogP contribution in [0.15, 0.2) is 30.3 Å². The van der Waals surface area contributed by atoms with Crippen LogP contribution >= 0.6 is 0 Å². The highest BCUT2D eigenvalue weighted by Gasteiger charge is 2.22. The molecule has 134 valence electrons. The van der Waals surface area contributed by atoms with Crippen molar-refractivity contribution < 1.29 is 14.7 Å². The first-order valence-electron chi connectivity index (χ1n) is 8.55. The Kier molecular flexibility index (Phi) is 9.72. The maximum absolute atomic E-state index is 12.1. The van der Waals surface area contributed by atoms with Crippen molar-refractivity contribution in [2.24, 2.45) is 5.73 Å². The summed E-state index contributed by atoms with van der Waals surface area (Å²) < 4.78 is 0. The summed E-state index contributed by atoms with van der Waals surface area (Å²) in [6.07, 6.45) is 2.70. The molecular formula is C18H29N3O3. The summed E-state index contributed by atoms with van der Waals surface area (Å²) in [5.41, 5.74) is 7.08. The zero-order chi connectivity index (χ0) is 17.8. The summed E-state index contributed by atoms with van der Waals surface area (Å²) in [5, 5.41) is 11.3. The number of benzene rings is 1. The fourth-order valence-corrected chi connectivity index (χ4v) is 2.40. The summed E-state index contributed by atoms with van der Waals surface area (Å²) in [6, 6.07) is 9.49. The van der Waals surface area contributed by atoms with Gasteiger partial charge in [-0.05, 0) is 18.4 Å². The fraction of sp³-hybridized carbons (Fsp3) is 0.556. The molecule has 0 spiro atoms. The molecule has 1 aromatic carbocycles. The van der Waals surface area contributed by atoms with E-state index < -0.39 is 12.0 Å². The van der Waals surface area contributed by atoms with E-state index in [2.05, 4.69) is 5.32 Å². The topological polar surface area (TPSA) is 95.7 Å². The molecule has 1 heterocycles. The van der Waals surface area contributed by atoms with E-state index in [1.165, 1.54) is 0 Å². The third-order valence-corrected chi connectivity index (χ3v) is 3.79. The standard InChI is InChI=1S/C13H19N3O.C5H10O2/c14-12(10-11-4-2-1-3-5-11)13(17)16-8-6-15-7-9-16;1-2-3-4-5(6)7/h1-5,12,15H,6-10,14H2;2-4H2,1H3,(H,6,7). The highest BCUT2D eigenvalue weighted by molar-refractivity contribution is 5.82. The first-order chi connectivity index (χ1) is 11.5. The van der Waals surface area contributed by atoms with Crippen LogP contribution in [-0.4, -0.2) is 54.1 Å². The molecule has 1 atom stereocenters. The molecule has 1 aromatic rings. The van der Waals surface area contributed by atoms with Crippen LogP contribution in [0.5, 0.6) is 0 Å². The normalized spacial score (nSPS) is 15.2. The molecule has 0 aromatic heterocycles. The number of nitrogens with zero attached hydrogens (tertiary/aromatic N) is 1. The highest BCUT2D eigenvalue weighted by atomic mass is 16.4. The molecule has 1 unspecified atom stereocenters. The van der Waals surface area contributed by atoms with E-state index in [-0.39, 0.29) is 5.91 Å². The SMILES string of the molecule is CCCCC(=O)O.NC(Cc1ccccc1)C(=O)N1CCNCC1. The summed E-state index contributed by atoms with van der Waals surface area (Å²) in [7, 11) is 0. The van der Waals surface area contributed by atoms with Gasteiger partial charge in [0.1, 0.15) is 0 Å². The molecule has 0 aliphatic carbocycles. The predicted molar refractivity (Wildman–Crippen MR) is 94.7 cm³/mol. The predicted octanol–water partition coefficient (Wildman–Crippen LogP) is 1.25. The molecule has 6 heteroatoms. The lowest BCUT2D eigenvalue weighted by Crippen LogP contribution is -2.52. The van der Waals surface area contributed by atoms with Crippen LogP contribution in [0, 0.1) is 0 Å². The number of unbranched alkanes of at least 4 members (excludes halogenated alkanes) is 1. The second-order valence-corrected chi connectivity index (χ2v) is 5.87. The van der Waals surface area contributed by atoms with Gasteiger partial charge >= 0.3 is 5.97 Å². The van der Waals surface area contributed by atoms with Gasteiger partial charge in [-0.3, -0.25) is 9.59 Å². The van der Waals surface area contributed by atoms with Crippen LogP contribution in [0.4, 0.5) is 0 Å². The Morgan fingerprint density at radius 2 is 1.88 bits per heavy atom. The lowest BCUT2D eigenvalue weighted by molar-refractivity contribution is -0.137. The lowest BCUT2D eigenvalue weighted by Gasteiger charge is -2.29. The van der Waals surface area contributed by atoms with Gasteiger partial charge in [0.2, 0.25) is 5.91 Å². The quantitative estimate of drug-likeness (QED) is 0.727. The Bertz CT molecular complexity index is 488. The number of hydrogen-bond acceptors (Lipinski definition) is 4. The molecule has 1 aliphatic rings. The van der Waals surface area contributed by atoms with Crippen molar-refractivity contribution in [2.45, 2.75) is 38.6 Å². The first kappa shape index (κ1) is 20.1. The number of carbonyl (C=O) groups is 2. The molecule has 0 saturated carbocycles. The molecule has 1 saturated heterocycles. The monoisotopic (exact) mass is 335 g/mol. The van der Waals surface area contributed by atoms with Crippen molar-refractivity contribution >= 4 is 11.9 Å². The number of carboxylic acids is 1. The zero-order valence-corrected chi connectivity index (χ0v) is 14.4. The molecule has 0 bridgehead atoms. The fourth-order valence-electron chi connectivity index (χ4n) is 2.40. The zero-order valence-electron chi connectivity index (χ0n) is 14.4. The highest BCUT2D eigenvalue weighted by Crippen LogP contribution is 2.05. The van der Waals surface area contributed by atoms with E-state index in [4.69, 9.17) is 10.8 Å². The van der Waals surface area contributed by atoms with Crippen molar-refractivity contribution in [3.8, 4) is 0 Å². The number of piperazine rings is 1. The maximum atomic E-state index is 12.1. The molecule has 2 rings (SSSR count). The van der Waals surface area contributed by atoms with E-state index in [1.54, 1.807) is 0 Å². The minimum atomic E-state index is -0.693. The molecule has 1 fully saturated rings. The number of nitrogens with one attached hydrogen (secondary N) is 1. The largest absolute Gasteiger partial charge is 0.481 e. The number of amides is 1. The van der Waals surface area contributed by atoms with E-state index in [0.717, 1.165) is 44.6 Å². The maximum Gasteiger partial charge on any atom is 0.303 e. The van der Waals surface area contributed by atoms with Gasteiger partial charge in [0.05, 0.1) is 6.04 Å². The van der Waals surface area contributed by atoms with Gasteiger partial charge in [-0.25, -0.2) is 0 Å². The van der Waals surface area contributed by atoms with Gasteiger partial charge in [0.25, 0.3) is 0 Å². The molecule has 6 nitrogen and oxygen atoms in total. The second-order valence-electron chi connectivity index (χ2n) is 5.87. The smallest absolute Gasteiger partial charge is 0.303 e. The van der Waals surface area contributed by atoms with E-state index in [1.807, 2.05) is 42.2 Å². The second kappa shape index (κ2) is 11.6. The third-order valence-electron chi connectivity index (χ3n) is 3.79. The van der Waals surface area contributed by atoms with Gasteiger partial charge in [-0.15, -0.1) is 0 Å². The van der Waals surface area contributed by atoms with E-state index >= 15 is 0 Å². The molecule has 0 radical (unpaired) electrons. The average Bonchev–Trinajstić information content (AvgIpc) is 2.61. The Morgan fingerprint density at radius 1 is 1.25 bits per heavy atom. The van der Waals surface area contributed by atoms with Gasteiger partial charge in [0, 0.05) is 32.6 Å². The summed E-state index contributed by atoms with van der Waals surface area (Å²) in [6.45, 7) is 5.24. The number of rotatable bonds is 6. The van der Waals surface area contributed by atoms with Crippen LogP contribution in [0.3, 0.4) is 0 Å². The molecule has 4 N–H and O–H groups in total. The lowest BCUT2D eigenvalue weighted by atomic mass is 10.1. The third kappa shape index (κ3) is 8.08. The van der Waals surface area contributed by atoms with Crippen molar-refractivity contribution in [3.05, 3.63) is 35.9 Å². The van der Waals surface area contributed by atoms with Crippen molar-refractivity contribution in [2.75, 3.05) is 26.2 Å². The number of carboxylic acid groups (broad SMARTS) is 1. The number of carbonyl (C=O) groups excluding carboxylic acids is 1. The van der Waals surface area contributed by atoms with Gasteiger partial charge in [-0.2, -0.15) is 0 Å². The van der Waals surface area contributed by atoms with Gasteiger partial charge in [0.15, 0.2) is 0 Å². The number of hydrogen-bond donors (Lipinski definition) is 3. The van der Waals surface area contributed by atoms with Crippen LogP contribution < -0.4 is 11.1 Å². The van der Waals surface area contributed by atoms with Crippen molar-refractivity contribution in [3.63, 3.8) is 0 Å². The summed E-state index contributed by atoms with van der Waals surface area (Å²) in [5.74, 6) is -0.628. The Balaban J connectivity index is 0.000000351. The van der Waals surface area contributed by atoms with Gasteiger partial charge < -0.3 is 21.1 Å². The Hall–Kier alpha value is -1.92. The summed E-state index contributed by atoms with van der Waals surface area (Å²) >= 11 is 0. The van der Waals surface area contributed by atoms with Crippen LogP contribution in [0.25, 0.3) is 0 Å². The minimum Gasteiger partial charge on any atom is -0.481 e. The van der Waals surface area contributed by atoms with Crippen LogP contribution in [0.1, 0.15) is 31.7 Å². The minimum absolute atomic E-state index is 0.0651. The van der Waals surface area contributed by atoms with Crippen LogP contribution in [0.2, 0.25) is 0 Å². The Labute approximate surface area is 144 Å². The van der Waals surface area contributed by atoms with Crippen molar-refractivity contribution in [1.29, 1.82) is 0 Å². The number of aliphatic carboxylic acids is 1. The molecular weight excluding hydrogens is 306 g/mol. The van der Waals surface area contributed by atoms with E-state index in [9.17, 15) is 9.59 Å². The van der Waals surface area contributed by atoms with Crippen LogP contribution in [-0.2, 0) is 16.0 Å². The number of nitrogens with two attached hydrogens (primary N) is 1. The molecule has 24 heavy (non-hydrogen) atoms. The Morgan fingerprint density at radius 3 is 2.38 bits per heavy atom.